The Morgan fingerprint density at radius 2 is 2.05 bits per heavy atom. The molecule has 0 atom stereocenters. The number of aromatic nitrogens is 3. The van der Waals surface area contributed by atoms with E-state index in [-0.39, 0.29) is 5.56 Å². The molecule has 0 fully saturated rings. The van der Waals surface area contributed by atoms with Gasteiger partial charge in [-0.2, -0.15) is 0 Å². The molecule has 0 saturated carbocycles. The lowest BCUT2D eigenvalue weighted by atomic mass is 10.3. The highest BCUT2D eigenvalue weighted by atomic mass is 32.2. The van der Waals surface area contributed by atoms with Crippen molar-refractivity contribution in [1.29, 1.82) is 0 Å². The maximum Gasteiger partial charge on any atom is 0.251 e. The minimum Gasteiger partial charge on any atom is -0.398 e. The lowest BCUT2D eigenvalue weighted by molar-refractivity contribution is 0.905. The van der Waals surface area contributed by atoms with Gasteiger partial charge in [0, 0.05) is 22.3 Å². The Labute approximate surface area is 123 Å². The van der Waals surface area contributed by atoms with Crippen molar-refractivity contribution in [3.8, 4) is 0 Å². The fourth-order valence-electron chi connectivity index (χ4n) is 1.88. The SMILES string of the molecule is Cc1cc(=O)[nH]c(Sc2cc3nc(C)sc3cc2N)n1. The largest absolute Gasteiger partial charge is 0.398 e. The molecule has 2 heterocycles. The topological polar surface area (TPSA) is 84.7 Å². The van der Waals surface area contributed by atoms with E-state index in [4.69, 9.17) is 5.73 Å². The van der Waals surface area contributed by atoms with Crippen LogP contribution in [0.1, 0.15) is 10.7 Å². The van der Waals surface area contributed by atoms with Gasteiger partial charge in [-0.25, -0.2) is 9.97 Å². The van der Waals surface area contributed by atoms with E-state index in [9.17, 15) is 4.79 Å². The van der Waals surface area contributed by atoms with Gasteiger partial charge in [-0.05, 0) is 37.7 Å². The molecule has 0 aliphatic rings. The number of nitrogens with zero attached hydrogens (tertiary/aromatic N) is 2. The molecular formula is C13H12N4OS2. The zero-order valence-electron chi connectivity index (χ0n) is 10.9. The van der Waals surface area contributed by atoms with Gasteiger partial charge in [0.05, 0.1) is 15.2 Å². The first-order valence-corrected chi connectivity index (χ1v) is 7.57. The molecule has 1 aromatic carbocycles. The molecule has 0 aliphatic carbocycles. The molecule has 7 heteroatoms. The van der Waals surface area contributed by atoms with Crippen LogP contribution < -0.4 is 11.3 Å². The number of rotatable bonds is 2. The van der Waals surface area contributed by atoms with Gasteiger partial charge in [-0.3, -0.25) is 4.79 Å². The minimum absolute atomic E-state index is 0.163. The standard InChI is InChI=1S/C13H12N4OS2/c1-6-3-12(18)17-13(15-6)20-10-5-9-11(4-8(10)14)19-7(2)16-9/h3-5H,14H2,1-2H3,(H,15,17,18). The summed E-state index contributed by atoms with van der Waals surface area (Å²) < 4.78 is 1.06. The van der Waals surface area contributed by atoms with Crippen LogP contribution in [0.5, 0.6) is 0 Å². The predicted octanol–water partition coefficient (Wildman–Crippen LogP) is 2.73. The zero-order valence-corrected chi connectivity index (χ0v) is 12.6. The van der Waals surface area contributed by atoms with Crippen molar-refractivity contribution in [3.63, 3.8) is 0 Å². The summed E-state index contributed by atoms with van der Waals surface area (Å²) in [5, 5.41) is 1.54. The van der Waals surface area contributed by atoms with Gasteiger partial charge in [-0.1, -0.05) is 0 Å². The van der Waals surface area contributed by atoms with Crippen molar-refractivity contribution in [1.82, 2.24) is 15.0 Å². The van der Waals surface area contributed by atoms with Crippen molar-refractivity contribution >= 4 is 39.0 Å². The van der Waals surface area contributed by atoms with E-state index < -0.39 is 0 Å². The second-order valence-electron chi connectivity index (χ2n) is 4.38. The summed E-state index contributed by atoms with van der Waals surface area (Å²) in [5.74, 6) is 0. The highest BCUT2D eigenvalue weighted by Gasteiger charge is 2.09. The number of nitrogen functional groups attached to an aromatic ring is 1. The first-order valence-electron chi connectivity index (χ1n) is 5.94. The van der Waals surface area contributed by atoms with E-state index in [0.717, 1.165) is 20.1 Å². The lowest BCUT2D eigenvalue weighted by Gasteiger charge is -2.05. The Morgan fingerprint density at radius 1 is 1.25 bits per heavy atom. The molecule has 2 aromatic heterocycles. The Hall–Kier alpha value is -1.86. The van der Waals surface area contributed by atoms with Crippen LogP contribution in [0.4, 0.5) is 5.69 Å². The second kappa shape index (κ2) is 4.92. The lowest BCUT2D eigenvalue weighted by Crippen LogP contribution is -2.08. The third-order valence-corrected chi connectivity index (χ3v) is 4.58. The molecule has 0 aliphatic heterocycles. The number of anilines is 1. The molecule has 0 radical (unpaired) electrons. The first kappa shape index (κ1) is 13.1. The molecule has 0 saturated heterocycles. The molecule has 3 rings (SSSR count). The van der Waals surface area contributed by atoms with Gasteiger partial charge in [0.15, 0.2) is 5.16 Å². The van der Waals surface area contributed by atoms with Gasteiger partial charge < -0.3 is 10.7 Å². The number of nitrogens with two attached hydrogens (primary N) is 1. The van der Waals surface area contributed by atoms with Crippen molar-refractivity contribution in [3.05, 3.63) is 39.3 Å². The summed E-state index contributed by atoms with van der Waals surface area (Å²) in [6, 6.07) is 5.30. The molecule has 3 N–H and O–H groups in total. The van der Waals surface area contributed by atoms with Crippen LogP contribution in [0.3, 0.4) is 0 Å². The number of aryl methyl sites for hydroxylation is 2. The number of nitrogens with one attached hydrogen (secondary N) is 1. The number of benzene rings is 1. The molecule has 0 unspecified atom stereocenters. The average molecular weight is 304 g/mol. The van der Waals surface area contributed by atoms with E-state index >= 15 is 0 Å². The molecule has 3 aromatic rings. The van der Waals surface area contributed by atoms with E-state index in [2.05, 4.69) is 15.0 Å². The van der Waals surface area contributed by atoms with Gasteiger partial charge in [0.25, 0.3) is 5.56 Å². The van der Waals surface area contributed by atoms with Gasteiger partial charge in [0.1, 0.15) is 0 Å². The molecule has 20 heavy (non-hydrogen) atoms. The maximum atomic E-state index is 11.5. The molecular weight excluding hydrogens is 292 g/mol. The number of fused-ring (bicyclic) bond motifs is 1. The summed E-state index contributed by atoms with van der Waals surface area (Å²) in [6.45, 7) is 3.75. The number of H-pyrrole nitrogens is 1. The normalized spacial score (nSPS) is 11.1. The number of thiazole rings is 1. The molecule has 0 amide bonds. The summed E-state index contributed by atoms with van der Waals surface area (Å²) >= 11 is 2.95. The Bertz CT molecular complexity index is 853. The van der Waals surface area contributed by atoms with Crippen molar-refractivity contribution < 1.29 is 0 Å². The Balaban J connectivity index is 2.05. The monoisotopic (exact) mass is 304 g/mol. The molecule has 0 spiro atoms. The second-order valence-corrected chi connectivity index (χ2v) is 6.65. The van der Waals surface area contributed by atoms with Crippen LogP contribution in [-0.4, -0.2) is 15.0 Å². The van der Waals surface area contributed by atoms with Crippen molar-refractivity contribution in [2.75, 3.05) is 5.73 Å². The quantitative estimate of drug-likeness (QED) is 0.561. The van der Waals surface area contributed by atoms with Crippen LogP contribution in [0.25, 0.3) is 10.2 Å². The fourth-order valence-corrected chi connectivity index (χ4v) is 3.63. The van der Waals surface area contributed by atoms with Gasteiger partial charge in [-0.15, -0.1) is 11.3 Å². The highest BCUT2D eigenvalue weighted by Crippen LogP contribution is 2.34. The first-order chi connectivity index (χ1) is 9.51. The minimum atomic E-state index is -0.163. The van der Waals surface area contributed by atoms with Crippen molar-refractivity contribution in [2.45, 2.75) is 23.9 Å². The average Bonchev–Trinajstić information content (AvgIpc) is 2.67. The van der Waals surface area contributed by atoms with Gasteiger partial charge >= 0.3 is 0 Å². The van der Waals surface area contributed by atoms with E-state index in [0.29, 0.717) is 16.5 Å². The predicted molar refractivity (Wildman–Crippen MR) is 82.5 cm³/mol. The smallest absolute Gasteiger partial charge is 0.251 e. The number of hydrogen-bond donors (Lipinski definition) is 2. The van der Waals surface area contributed by atoms with Crippen LogP contribution in [0.15, 0.2) is 33.0 Å². The van der Waals surface area contributed by atoms with Crippen LogP contribution in [0, 0.1) is 13.8 Å². The molecule has 0 bridgehead atoms. The Morgan fingerprint density at radius 3 is 2.80 bits per heavy atom. The summed E-state index contributed by atoms with van der Waals surface area (Å²) in [4.78, 5) is 23.7. The van der Waals surface area contributed by atoms with E-state index in [1.54, 1.807) is 18.3 Å². The van der Waals surface area contributed by atoms with Crippen LogP contribution in [-0.2, 0) is 0 Å². The summed E-state index contributed by atoms with van der Waals surface area (Å²) in [5.41, 5.74) is 8.15. The van der Waals surface area contributed by atoms with E-state index in [1.165, 1.54) is 17.8 Å². The zero-order chi connectivity index (χ0) is 14.3. The Kier molecular flexibility index (Phi) is 3.23. The fraction of sp³-hybridized carbons (Fsp3) is 0.154. The summed E-state index contributed by atoms with van der Waals surface area (Å²) in [7, 11) is 0. The number of hydrogen-bond acceptors (Lipinski definition) is 6. The van der Waals surface area contributed by atoms with Gasteiger partial charge in [0.2, 0.25) is 0 Å². The highest BCUT2D eigenvalue weighted by molar-refractivity contribution is 7.99. The maximum absolute atomic E-state index is 11.5. The third-order valence-electron chi connectivity index (χ3n) is 2.68. The number of aromatic amines is 1. The third kappa shape index (κ3) is 2.54. The molecule has 5 nitrogen and oxygen atoms in total. The van der Waals surface area contributed by atoms with Crippen LogP contribution >= 0.6 is 23.1 Å². The van der Waals surface area contributed by atoms with Crippen LogP contribution in [0.2, 0.25) is 0 Å². The van der Waals surface area contributed by atoms with Crippen molar-refractivity contribution in [2.24, 2.45) is 0 Å². The molecule has 102 valence electrons. The summed E-state index contributed by atoms with van der Waals surface area (Å²) in [6.07, 6.45) is 0. The van der Waals surface area contributed by atoms with E-state index in [1.807, 2.05) is 19.1 Å².